The third-order valence-electron chi connectivity index (χ3n) is 2.37. The molecule has 0 saturated carbocycles. The van der Waals surface area contributed by atoms with Crippen molar-refractivity contribution >= 4 is 22.5 Å². The van der Waals surface area contributed by atoms with Gasteiger partial charge < -0.3 is 0 Å². The van der Waals surface area contributed by atoms with E-state index in [4.69, 9.17) is 16.9 Å². The molecule has 0 fully saturated rings. The van der Waals surface area contributed by atoms with Crippen molar-refractivity contribution in [3.8, 4) is 6.07 Å². The second-order valence-corrected chi connectivity index (χ2v) is 4.57. The molecule has 16 heavy (non-hydrogen) atoms. The molecule has 0 saturated heterocycles. The van der Waals surface area contributed by atoms with E-state index in [0.717, 1.165) is 17.4 Å². The van der Waals surface area contributed by atoms with E-state index in [-0.39, 0.29) is 0 Å². The van der Waals surface area contributed by atoms with Crippen LogP contribution in [-0.4, -0.2) is 9.78 Å². The Bertz CT molecular complexity index is 563. The summed E-state index contributed by atoms with van der Waals surface area (Å²) in [5.74, 6) is 0.509. The minimum Gasteiger partial charge on any atom is -0.263 e. The molecule has 0 radical (unpaired) electrons. The van der Waals surface area contributed by atoms with Gasteiger partial charge in [0.15, 0.2) is 5.15 Å². The third kappa shape index (κ3) is 1.89. The summed E-state index contributed by atoms with van der Waals surface area (Å²) in [7, 11) is 0. The van der Waals surface area contributed by atoms with Crippen LogP contribution in [0.4, 0.5) is 0 Å². The topological polar surface area (TPSA) is 41.6 Å². The largest absolute Gasteiger partial charge is 0.263 e. The van der Waals surface area contributed by atoms with Crippen LogP contribution in [-0.2, 0) is 6.54 Å². The first-order valence-electron chi connectivity index (χ1n) is 5.18. The number of nitrogens with zero attached hydrogens (tertiary/aromatic N) is 3. The maximum absolute atomic E-state index is 8.82. The van der Waals surface area contributed by atoms with Gasteiger partial charge in [0.2, 0.25) is 0 Å². The number of halogens is 1. The number of aromatic nitrogens is 2. The van der Waals surface area contributed by atoms with Gasteiger partial charge in [-0.1, -0.05) is 25.4 Å². The number of benzene rings is 1. The van der Waals surface area contributed by atoms with Crippen molar-refractivity contribution in [1.82, 2.24) is 9.78 Å². The standard InChI is InChI=1S/C12H12ClN3/c1-8(2)7-16-11-4-3-9(6-14)5-10(11)12(13)15-16/h3-5,8H,7H2,1-2H3. The lowest BCUT2D eigenvalue weighted by Gasteiger charge is -2.05. The van der Waals surface area contributed by atoms with Crippen LogP contribution < -0.4 is 0 Å². The van der Waals surface area contributed by atoms with E-state index >= 15 is 0 Å². The fourth-order valence-corrected chi connectivity index (χ4v) is 1.94. The predicted octanol–water partition coefficient (Wildman–Crippen LogP) is 3.22. The van der Waals surface area contributed by atoms with E-state index in [0.29, 0.717) is 16.6 Å². The molecule has 1 heterocycles. The molecule has 0 atom stereocenters. The zero-order chi connectivity index (χ0) is 11.7. The van der Waals surface area contributed by atoms with Crippen molar-refractivity contribution in [3.05, 3.63) is 28.9 Å². The summed E-state index contributed by atoms with van der Waals surface area (Å²) in [5, 5.41) is 14.4. The SMILES string of the molecule is CC(C)Cn1nc(Cl)c2cc(C#N)ccc21. The van der Waals surface area contributed by atoms with Gasteiger partial charge in [0.25, 0.3) is 0 Å². The normalized spacial score (nSPS) is 10.9. The van der Waals surface area contributed by atoms with Gasteiger partial charge in [-0.3, -0.25) is 4.68 Å². The Kier molecular flexibility index (Phi) is 2.84. The molecule has 3 nitrogen and oxygen atoms in total. The lowest BCUT2D eigenvalue weighted by molar-refractivity contribution is 0.495. The molecule has 0 bridgehead atoms. The summed E-state index contributed by atoms with van der Waals surface area (Å²) >= 11 is 6.05. The van der Waals surface area contributed by atoms with Crippen LogP contribution in [0.5, 0.6) is 0 Å². The monoisotopic (exact) mass is 233 g/mol. The molecule has 0 spiro atoms. The average Bonchev–Trinajstić information content (AvgIpc) is 2.54. The van der Waals surface area contributed by atoms with E-state index in [1.54, 1.807) is 12.1 Å². The fraction of sp³-hybridized carbons (Fsp3) is 0.333. The zero-order valence-electron chi connectivity index (χ0n) is 9.24. The first-order valence-corrected chi connectivity index (χ1v) is 5.55. The van der Waals surface area contributed by atoms with Crippen molar-refractivity contribution < 1.29 is 0 Å². The van der Waals surface area contributed by atoms with Gasteiger partial charge in [0, 0.05) is 11.9 Å². The third-order valence-corrected chi connectivity index (χ3v) is 2.65. The first-order chi connectivity index (χ1) is 7.61. The molecule has 0 unspecified atom stereocenters. The van der Waals surface area contributed by atoms with Crippen LogP contribution in [0.1, 0.15) is 19.4 Å². The van der Waals surface area contributed by atoms with Gasteiger partial charge in [0.1, 0.15) is 0 Å². The Morgan fingerprint density at radius 1 is 1.50 bits per heavy atom. The summed E-state index contributed by atoms with van der Waals surface area (Å²) < 4.78 is 1.89. The lowest BCUT2D eigenvalue weighted by atomic mass is 10.1. The van der Waals surface area contributed by atoms with Gasteiger partial charge in [-0.2, -0.15) is 10.4 Å². The first kappa shape index (κ1) is 11.0. The highest BCUT2D eigenvalue weighted by Crippen LogP contribution is 2.24. The minimum atomic E-state index is 0.466. The van der Waals surface area contributed by atoms with Crippen LogP contribution in [0.25, 0.3) is 10.9 Å². The zero-order valence-corrected chi connectivity index (χ0v) is 9.99. The van der Waals surface area contributed by atoms with Gasteiger partial charge in [-0.25, -0.2) is 0 Å². The summed E-state index contributed by atoms with van der Waals surface area (Å²) in [4.78, 5) is 0. The van der Waals surface area contributed by atoms with Crippen molar-refractivity contribution in [2.45, 2.75) is 20.4 Å². The fourth-order valence-electron chi connectivity index (χ4n) is 1.69. The molecule has 82 valence electrons. The van der Waals surface area contributed by atoms with Crippen LogP contribution in [0.2, 0.25) is 5.15 Å². The van der Waals surface area contributed by atoms with Crippen molar-refractivity contribution in [2.24, 2.45) is 5.92 Å². The van der Waals surface area contributed by atoms with E-state index in [1.807, 2.05) is 10.7 Å². The summed E-state index contributed by atoms with van der Waals surface area (Å²) in [6, 6.07) is 7.57. The van der Waals surface area contributed by atoms with Gasteiger partial charge in [-0.05, 0) is 24.1 Å². The Morgan fingerprint density at radius 2 is 2.25 bits per heavy atom. The van der Waals surface area contributed by atoms with Gasteiger partial charge >= 0.3 is 0 Å². The maximum Gasteiger partial charge on any atom is 0.158 e. The highest BCUT2D eigenvalue weighted by molar-refractivity contribution is 6.34. The number of hydrogen-bond acceptors (Lipinski definition) is 2. The number of rotatable bonds is 2. The highest BCUT2D eigenvalue weighted by atomic mass is 35.5. The van der Waals surface area contributed by atoms with Crippen molar-refractivity contribution in [2.75, 3.05) is 0 Å². The number of nitriles is 1. The van der Waals surface area contributed by atoms with E-state index in [9.17, 15) is 0 Å². The molecule has 0 aliphatic heterocycles. The van der Waals surface area contributed by atoms with Gasteiger partial charge in [0.05, 0.1) is 17.1 Å². The molecule has 2 rings (SSSR count). The quantitative estimate of drug-likeness (QED) is 0.799. The summed E-state index contributed by atoms with van der Waals surface area (Å²) in [6.45, 7) is 5.09. The summed E-state index contributed by atoms with van der Waals surface area (Å²) in [6.07, 6.45) is 0. The smallest absolute Gasteiger partial charge is 0.158 e. The van der Waals surface area contributed by atoms with Crippen LogP contribution in [0.3, 0.4) is 0 Å². The molecular formula is C12H12ClN3. The lowest BCUT2D eigenvalue weighted by Crippen LogP contribution is -2.05. The summed E-state index contributed by atoms with van der Waals surface area (Å²) in [5.41, 5.74) is 1.59. The molecule has 2 aromatic rings. The minimum absolute atomic E-state index is 0.466. The maximum atomic E-state index is 8.82. The molecule has 0 amide bonds. The second-order valence-electron chi connectivity index (χ2n) is 4.21. The molecule has 1 aromatic heterocycles. The average molecular weight is 234 g/mol. The molecule has 0 aliphatic carbocycles. The van der Waals surface area contributed by atoms with Crippen molar-refractivity contribution in [1.29, 1.82) is 5.26 Å². The molecular weight excluding hydrogens is 222 g/mol. The Balaban J connectivity index is 2.59. The van der Waals surface area contributed by atoms with Crippen LogP contribution in [0.15, 0.2) is 18.2 Å². The molecule has 0 aliphatic rings. The number of hydrogen-bond donors (Lipinski definition) is 0. The Labute approximate surface area is 99.2 Å². The molecule has 0 N–H and O–H groups in total. The molecule has 1 aromatic carbocycles. The van der Waals surface area contributed by atoms with Crippen molar-refractivity contribution in [3.63, 3.8) is 0 Å². The van der Waals surface area contributed by atoms with Crippen LogP contribution >= 0.6 is 11.6 Å². The van der Waals surface area contributed by atoms with Gasteiger partial charge in [-0.15, -0.1) is 0 Å². The van der Waals surface area contributed by atoms with E-state index < -0.39 is 0 Å². The van der Waals surface area contributed by atoms with E-state index in [2.05, 4.69) is 25.0 Å². The van der Waals surface area contributed by atoms with Crippen LogP contribution in [0, 0.1) is 17.2 Å². The number of fused-ring (bicyclic) bond motifs is 1. The Morgan fingerprint density at radius 3 is 2.88 bits per heavy atom. The predicted molar refractivity (Wildman–Crippen MR) is 64.3 cm³/mol. The molecule has 4 heteroatoms. The van der Waals surface area contributed by atoms with E-state index in [1.165, 1.54) is 0 Å². The Hall–Kier alpha value is -1.53. The highest BCUT2D eigenvalue weighted by Gasteiger charge is 2.10. The second kappa shape index (κ2) is 4.15.